The summed E-state index contributed by atoms with van der Waals surface area (Å²) in [4.78, 5) is 26.8. The van der Waals surface area contributed by atoms with Crippen LogP contribution in [0.25, 0.3) is 22.2 Å². The second-order valence-corrected chi connectivity index (χ2v) is 12.9. The zero-order chi connectivity index (χ0) is 32.5. The van der Waals surface area contributed by atoms with Crippen molar-refractivity contribution >= 4 is 74.4 Å². The average molecular weight is 682 g/mol. The summed E-state index contributed by atoms with van der Waals surface area (Å²) >= 11 is 19.4. The van der Waals surface area contributed by atoms with Crippen molar-refractivity contribution in [2.45, 2.75) is 25.4 Å². The zero-order valence-corrected chi connectivity index (χ0v) is 27.6. The van der Waals surface area contributed by atoms with Gasteiger partial charge in [0.2, 0.25) is 0 Å². The van der Waals surface area contributed by atoms with E-state index < -0.39 is 0 Å². The van der Waals surface area contributed by atoms with Crippen molar-refractivity contribution in [3.63, 3.8) is 0 Å². The Kier molecular flexibility index (Phi) is 8.82. The van der Waals surface area contributed by atoms with Gasteiger partial charge in [-0.25, -0.2) is 4.98 Å². The molecule has 0 unspecified atom stereocenters. The molecule has 4 N–H and O–H groups in total. The van der Waals surface area contributed by atoms with E-state index in [0.29, 0.717) is 33.0 Å². The lowest BCUT2D eigenvalue weighted by atomic mass is 9.94. The molecule has 2 aromatic heterocycles. The van der Waals surface area contributed by atoms with Crippen molar-refractivity contribution in [1.82, 2.24) is 14.9 Å². The topological polar surface area (TPSA) is 90.3 Å². The number of amides is 1. The molecule has 0 radical (unpaired) electrons. The first-order valence-electron chi connectivity index (χ1n) is 15.4. The SMILES string of the molecule is NC1CCN(c2ncccc2NC(=O)c2[nH]c3cc(Cl)ccc3c2C2=C(c3ccccc3)C=C=CN2Cc2ccc(Cl)cc2Cl)CC1. The molecule has 10 heteroatoms. The quantitative estimate of drug-likeness (QED) is 0.150. The number of nitrogens with zero attached hydrogens (tertiary/aromatic N) is 3. The molecule has 7 rings (SSSR count). The van der Waals surface area contributed by atoms with Crippen molar-refractivity contribution < 1.29 is 4.79 Å². The molecule has 2 aliphatic rings. The summed E-state index contributed by atoms with van der Waals surface area (Å²) in [7, 11) is 0. The number of H-pyrrole nitrogens is 1. The van der Waals surface area contributed by atoms with Gasteiger partial charge in [-0.05, 0) is 66.4 Å². The molecule has 1 saturated heterocycles. The number of benzene rings is 3. The Morgan fingerprint density at radius 2 is 1.74 bits per heavy atom. The monoisotopic (exact) mass is 680 g/mol. The van der Waals surface area contributed by atoms with Crippen LogP contribution in [0.5, 0.6) is 0 Å². The highest BCUT2D eigenvalue weighted by atomic mass is 35.5. The van der Waals surface area contributed by atoms with Gasteiger partial charge < -0.3 is 25.8 Å². The lowest BCUT2D eigenvalue weighted by Crippen LogP contribution is -2.40. The normalized spacial score (nSPS) is 15.1. The van der Waals surface area contributed by atoms with Gasteiger partial charge in [0.05, 0.1) is 11.4 Å². The maximum atomic E-state index is 14.5. The second-order valence-electron chi connectivity index (χ2n) is 11.7. The molecule has 1 amide bonds. The Bertz CT molecular complexity index is 2070. The number of pyridine rings is 1. The molecule has 47 heavy (non-hydrogen) atoms. The second kappa shape index (κ2) is 13.3. The molecular formula is C37H31Cl3N6O. The number of carbonyl (C=O) groups is 1. The van der Waals surface area contributed by atoms with Crippen molar-refractivity contribution in [1.29, 1.82) is 0 Å². The van der Waals surface area contributed by atoms with Gasteiger partial charge in [0.25, 0.3) is 5.91 Å². The lowest BCUT2D eigenvalue weighted by Gasteiger charge is -2.32. The number of aromatic nitrogens is 2. The van der Waals surface area contributed by atoms with Crippen LogP contribution in [-0.2, 0) is 6.54 Å². The van der Waals surface area contributed by atoms with E-state index in [4.69, 9.17) is 40.5 Å². The number of fused-ring (bicyclic) bond motifs is 1. The number of hydrogen-bond donors (Lipinski definition) is 3. The van der Waals surface area contributed by atoms with Crippen molar-refractivity contribution in [2.24, 2.45) is 5.73 Å². The summed E-state index contributed by atoms with van der Waals surface area (Å²) < 4.78 is 0. The van der Waals surface area contributed by atoms with Crippen molar-refractivity contribution in [2.75, 3.05) is 23.3 Å². The van der Waals surface area contributed by atoms with Crippen molar-refractivity contribution in [3.05, 3.63) is 141 Å². The summed E-state index contributed by atoms with van der Waals surface area (Å²) in [6, 6.07) is 25.0. The van der Waals surface area contributed by atoms with Crippen LogP contribution in [0.3, 0.4) is 0 Å². The van der Waals surface area contributed by atoms with Crippen LogP contribution in [-0.4, -0.2) is 39.9 Å². The molecule has 1 fully saturated rings. The van der Waals surface area contributed by atoms with Crippen LogP contribution >= 0.6 is 34.8 Å². The number of piperidine rings is 1. The van der Waals surface area contributed by atoms with Crippen LogP contribution in [0.2, 0.25) is 15.1 Å². The molecule has 5 aromatic rings. The number of nitrogens with two attached hydrogens (primary N) is 1. The summed E-state index contributed by atoms with van der Waals surface area (Å²) in [6.45, 7) is 1.95. The number of anilines is 2. The highest BCUT2D eigenvalue weighted by Crippen LogP contribution is 2.41. The third-order valence-corrected chi connectivity index (χ3v) is 9.36. The first-order chi connectivity index (χ1) is 22.9. The van der Waals surface area contributed by atoms with Crippen LogP contribution in [0.15, 0.2) is 103 Å². The van der Waals surface area contributed by atoms with E-state index in [2.05, 4.69) is 30.8 Å². The zero-order valence-electron chi connectivity index (χ0n) is 25.3. The largest absolute Gasteiger partial charge is 0.355 e. The Labute approximate surface area is 287 Å². The van der Waals surface area contributed by atoms with Gasteiger partial charge in [-0.3, -0.25) is 4.79 Å². The van der Waals surface area contributed by atoms with E-state index in [-0.39, 0.29) is 11.9 Å². The Hall–Kier alpha value is -4.49. The summed E-state index contributed by atoms with van der Waals surface area (Å²) in [5, 5.41) is 5.68. The maximum absolute atomic E-state index is 14.5. The number of halogens is 3. The first-order valence-corrected chi connectivity index (χ1v) is 16.5. The van der Waals surface area contributed by atoms with E-state index in [0.717, 1.165) is 70.6 Å². The third-order valence-electron chi connectivity index (χ3n) is 8.54. The van der Waals surface area contributed by atoms with Crippen LogP contribution in [0.4, 0.5) is 11.5 Å². The number of carbonyl (C=O) groups excluding carboxylic acids is 1. The molecule has 3 aromatic carbocycles. The van der Waals surface area contributed by atoms with Crippen molar-refractivity contribution in [3.8, 4) is 0 Å². The van der Waals surface area contributed by atoms with Gasteiger partial charge in [-0.15, -0.1) is 5.73 Å². The summed E-state index contributed by atoms with van der Waals surface area (Å²) in [6.07, 6.45) is 7.29. The van der Waals surface area contributed by atoms with Gasteiger partial charge in [0.15, 0.2) is 5.82 Å². The minimum absolute atomic E-state index is 0.171. The standard InChI is InChI=1S/C37H31Cl3N6O/c38-25-11-10-24(30(40)20-25)22-46-17-5-8-28(23-6-2-1-3-7-23)35(46)33-29-13-12-26(39)21-32(29)43-34(33)37(47)44-31-9-4-16-42-36(31)45-18-14-27(41)15-19-45/h1-4,6-13,16-17,20-21,27,43H,14-15,18-19,22,41H2,(H,44,47). The minimum atomic E-state index is -0.307. The molecule has 0 spiro atoms. The summed E-state index contributed by atoms with van der Waals surface area (Å²) in [5.74, 6) is 0.415. The van der Waals surface area contributed by atoms with E-state index in [1.54, 1.807) is 12.3 Å². The number of hydrogen-bond acceptors (Lipinski definition) is 5. The predicted molar refractivity (Wildman–Crippen MR) is 193 cm³/mol. The van der Waals surface area contributed by atoms with Gasteiger partial charge in [0.1, 0.15) is 5.69 Å². The lowest BCUT2D eigenvalue weighted by molar-refractivity contribution is 0.102. The van der Waals surface area contributed by atoms with Crippen LogP contribution in [0.1, 0.15) is 40.0 Å². The van der Waals surface area contributed by atoms with Crippen LogP contribution in [0, 0.1) is 0 Å². The molecule has 2 aliphatic heterocycles. The maximum Gasteiger partial charge on any atom is 0.272 e. The van der Waals surface area contributed by atoms with Gasteiger partial charge in [-0.1, -0.05) is 77.3 Å². The Morgan fingerprint density at radius 3 is 2.53 bits per heavy atom. The van der Waals surface area contributed by atoms with E-state index in [9.17, 15) is 4.79 Å². The highest BCUT2D eigenvalue weighted by Gasteiger charge is 2.29. The van der Waals surface area contributed by atoms with Gasteiger partial charge in [-0.2, -0.15) is 0 Å². The average Bonchev–Trinajstić information content (AvgIpc) is 3.45. The fourth-order valence-corrected chi connectivity index (χ4v) is 6.84. The molecule has 0 bridgehead atoms. The number of aromatic amines is 1. The van der Waals surface area contributed by atoms with Crippen LogP contribution < -0.4 is 16.0 Å². The fraction of sp³-hybridized carbons (Fsp3) is 0.162. The molecule has 0 aliphatic carbocycles. The van der Waals surface area contributed by atoms with Gasteiger partial charge in [0, 0.05) is 75.2 Å². The highest BCUT2D eigenvalue weighted by molar-refractivity contribution is 6.35. The summed E-state index contributed by atoms with van der Waals surface area (Å²) in [5.41, 5.74) is 15.5. The molecule has 0 atom stereocenters. The molecule has 0 saturated carbocycles. The predicted octanol–water partition coefficient (Wildman–Crippen LogP) is 8.76. The minimum Gasteiger partial charge on any atom is -0.355 e. The van der Waals surface area contributed by atoms with E-state index in [1.165, 1.54) is 0 Å². The smallest absolute Gasteiger partial charge is 0.272 e. The molecule has 236 valence electrons. The number of allylic oxidation sites excluding steroid dienone is 2. The van der Waals surface area contributed by atoms with E-state index >= 15 is 0 Å². The third kappa shape index (κ3) is 6.41. The molecular weight excluding hydrogens is 651 g/mol. The Balaban J connectivity index is 1.38. The van der Waals surface area contributed by atoms with Gasteiger partial charge >= 0.3 is 0 Å². The number of nitrogens with one attached hydrogen (secondary N) is 2. The fourth-order valence-electron chi connectivity index (χ4n) is 6.20. The molecule has 4 heterocycles. The Morgan fingerprint density at radius 1 is 0.979 bits per heavy atom. The van der Waals surface area contributed by atoms with E-state index in [1.807, 2.05) is 85.1 Å². The first kappa shape index (κ1) is 31.1. The molecule has 7 nitrogen and oxygen atoms in total. The number of rotatable bonds is 7.